The molecule has 1 aliphatic heterocycles. The molecule has 0 unspecified atom stereocenters. The van der Waals surface area contributed by atoms with Crippen molar-refractivity contribution in [1.82, 2.24) is 9.80 Å². The van der Waals surface area contributed by atoms with Gasteiger partial charge in [0.1, 0.15) is 0 Å². The van der Waals surface area contributed by atoms with Gasteiger partial charge in [-0.1, -0.05) is 25.7 Å². The normalized spacial score (nSPS) is 31.4. The molecule has 124 valence electrons. The lowest BCUT2D eigenvalue weighted by molar-refractivity contribution is -0.144. The summed E-state index contributed by atoms with van der Waals surface area (Å²) in [6.45, 7) is 1.74. The highest BCUT2D eigenvalue weighted by Gasteiger charge is 2.42. The van der Waals surface area contributed by atoms with Gasteiger partial charge in [0, 0.05) is 32.1 Å². The number of nitrogens with zero attached hydrogens (tertiary/aromatic N) is 2. The lowest BCUT2D eigenvalue weighted by Gasteiger charge is -2.38. The van der Waals surface area contributed by atoms with Crippen molar-refractivity contribution >= 4 is 11.8 Å². The zero-order chi connectivity index (χ0) is 15.5. The van der Waals surface area contributed by atoms with Gasteiger partial charge in [-0.2, -0.15) is 0 Å². The van der Waals surface area contributed by atoms with Gasteiger partial charge >= 0.3 is 0 Å². The largest absolute Gasteiger partial charge is 0.345 e. The van der Waals surface area contributed by atoms with Crippen LogP contribution in [-0.4, -0.2) is 47.8 Å². The second kappa shape index (κ2) is 7.01. The lowest BCUT2D eigenvalue weighted by atomic mass is 9.83. The molecule has 3 aliphatic rings. The number of amides is 2. The predicted octanol–water partition coefficient (Wildman–Crippen LogP) is 2.82. The molecule has 1 heterocycles. The monoisotopic (exact) mass is 306 g/mol. The average molecular weight is 306 g/mol. The van der Waals surface area contributed by atoms with Gasteiger partial charge in [0.2, 0.25) is 11.8 Å². The Morgan fingerprint density at radius 2 is 1.59 bits per heavy atom. The molecule has 2 atom stereocenters. The van der Waals surface area contributed by atoms with Crippen LogP contribution in [0, 0.1) is 11.8 Å². The maximum Gasteiger partial charge on any atom is 0.227 e. The van der Waals surface area contributed by atoms with E-state index in [0.29, 0.717) is 5.91 Å². The van der Waals surface area contributed by atoms with E-state index in [9.17, 15) is 9.59 Å². The summed E-state index contributed by atoms with van der Waals surface area (Å²) < 4.78 is 0. The molecule has 0 radical (unpaired) electrons. The molecule has 2 amide bonds. The van der Waals surface area contributed by atoms with Gasteiger partial charge in [-0.05, 0) is 38.5 Å². The van der Waals surface area contributed by atoms with Crippen molar-refractivity contribution in [1.29, 1.82) is 0 Å². The van der Waals surface area contributed by atoms with Crippen molar-refractivity contribution in [3.05, 3.63) is 0 Å². The molecule has 0 N–H and O–H groups in total. The first-order chi connectivity index (χ1) is 10.7. The van der Waals surface area contributed by atoms with Crippen molar-refractivity contribution < 1.29 is 9.59 Å². The van der Waals surface area contributed by atoms with E-state index in [1.807, 2.05) is 11.9 Å². The van der Waals surface area contributed by atoms with Gasteiger partial charge in [0.15, 0.2) is 0 Å². The Balaban J connectivity index is 1.79. The first-order valence-corrected chi connectivity index (χ1v) is 9.24. The van der Waals surface area contributed by atoms with Crippen LogP contribution in [0.3, 0.4) is 0 Å². The van der Waals surface area contributed by atoms with Crippen LogP contribution in [0.1, 0.15) is 64.2 Å². The number of carbonyl (C=O) groups excluding carboxylic acids is 2. The molecule has 3 fully saturated rings. The summed E-state index contributed by atoms with van der Waals surface area (Å²) in [5.74, 6) is 0.917. The molecule has 4 nitrogen and oxygen atoms in total. The Morgan fingerprint density at radius 3 is 2.27 bits per heavy atom. The van der Waals surface area contributed by atoms with Crippen LogP contribution in [0.2, 0.25) is 0 Å². The van der Waals surface area contributed by atoms with E-state index in [-0.39, 0.29) is 23.8 Å². The summed E-state index contributed by atoms with van der Waals surface area (Å²) in [4.78, 5) is 29.7. The Morgan fingerprint density at radius 1 is 0.909 bits per heavy atom. The van der Waals surface area contributed by atoms with E-state index in [1.165, 1.54) is 19.3 Å². The molecule has 2 aliphatic carbocycles. The summed E-state index contributed by atoms with van der Waals surface area (Å²) >= 11 is 0. The highest BCUT2D eigenvalue weighted by atomic mass is 16.2. The zero-order valence-electron chi connectivity index (χ0n) is 13.9. The average Bonchev–Trinajstić information content (AvgIpc) is 2.91. The molecule has 0 spiro atoms. The fraction of sp³-hybridized carbons (Fsp3) is 0.889. The molecule has 0 aromatic carbocycles. The third-order valence-corrected chi connectivity index (χ3v) is 5.95. The molecule has 22 heavy (non-hydrogen) atoms. The van der Waals surface area contributed by atoms with Crippen LogP contribution in [0.25, 0.3) is 0 Å². The van der Waals surface area contributed by atoms with Gasteiger partial charge in [-0.25, -0.2) is 0 Å². The Hall–Kier alpha value is -1.06. The first kappa shape index (κ1) is 15.8. The summed E-state index contributed by atoms with van der Waals surface area (Å²) in [7, 11) is 1.94. The highest BCUT2D eigenvalue weighted by molar-refractivity contribution is 5.83. The number of fused-ring (bicyclic) bond motifs is 1. The van der Waals surface area contributed by atoms with Gasteiger partial charge < -0.3 is 9.80 Å². The maximum absolute atomic E-state index is 12.9. The highest BCUT2D eigenvalue weighted by Crippen LogP contribution is 2.36. The van der Waals surface area contributed by atoms with Crippen molar-refractivity contribution in [2.45, 2.75) is 70.3 Å². The second-order valence-electron chi connectivity index (χ2n) is 7.44. The van der Waals surface area contributed by atoms with Crippen molar-refractivity contribution in [3.63, 3.8) is 0 Å². The van der Waals surface area contributed by atoms with Crippen molar-refractivity contribution in [2.75, 3.05) is 20.1 Å². The molecule has 3 rings (SSSR count). The quantitative estimate of drug-likeness (QED) is 0.747. The van der Waals surface area contributed by atoms with Crippen LogP contribution in [0.5, 0.6) is 0 Å². The molecule has 1 saturated heterocycles. The van der Waals surface area contributed by atoms with E-state index in [0.717, 1.165) is 58.0 Å². The number of rotatable bonds is 1. The van der Waals surface area contributed by atoms with E-state index < -0.39 is 0 Å². The fourth-order valence-electron chi connectivity index (χ4n) is 4.31. The number of hydrogen-bond acceptors (Lipinski definition) is 2. The van der Waals surface area contributed by atoms with Gasteiger partial charge in [0.25, 0.3) is 0 Å². The zero-order valence-corrected chi connectivity index (χ0v) is 13.9. The minimum Gasteiger partial charge on any atom is -0.345 e. The molecule has 0 bridgehead atoms. The minimum absolute atomic E-state index is 0.0483. The predicted molar refractivity (Wildman–Crippen MR) is 86.3 cm³/mol. The van der Waals surface area contributed by atoms with Crippen molar-refractivity contribution in [2.24, 2.45) is 11.8 Å². The van der Waals surface area contributed by atoms with Gasteiger partial charge in [-0.3, -0.25) is 9.59 Å². The molecule has 2 saturated carbocycles. The van der Waals surface area contributed by atoms with Crippen LogP contribution in [-0.2, 0) is 9.59 Å². The first-order valence-electron chi connectivity index (χ1n) is 9.24. The standard InChI is InChI=1S/C18H30N2O2/c1-19-12-4-2-3-5-13-20(17(21)14-8-6-9-14)16-11-7-10-15(16)18(19)22/h14-16H,2-13H2,1H3/t15-,16+/m1/s1. The van der Waals surface area contributed by atoms with E-state index in [2.05, 4.69) is 4.90 Å². The Bertz CT molecular complexity index is 419. The summed E-state index contributed by atoms with van der Waals surface area (Å²) in [6.07, 6.45) is 10.9. The van der Waals surface area contributed by atoms with E-state index in [1.54, 1.807) is 0 Å². The topological polar surface area (TPSA) is 40.6 Å². The fourth-order valence-corrected chi connectivity index (χ4v) is 4.31. The summed E-state index contributed by atoms with van der Waals surface area (Å²) in [6, 6.07) is 0.168. The smallest absolute Gasteiger partial charge is 0.227 e. The molecular weight excluding hydrogens is 276 g/mol. The third-order valence-electron chi connectivity index (χ3n) is 5.95. The van der Waals surface area contributed by atoms with E-state index in [4.69, 9.17) is 0 Å². The molecule has 0 aromatic rings. The van der Waals surface area contributed by atoms with Crippen molar-refractivity contribution in [3.8, 4) is 0 Å². The number of hydrogen-bond donors (Lipinski definition) is 0. The second-order valence-corrected chi connectivity index (χ2v) is 7.44. The van der Waals surface area contributed by atoms with Crippen LogP contribution < -0.4 is 0 Å². The Kier molecular flexibility index (Phi) is 5.04. The summed E-state index contributed by atoms with van der Waals surface area (Å²) in [5, 5.41) is 0. The third kappa shape index (κ3) is 3.16. The van der Waals surface area contributed by atoms with E-state index >= 15 is 0 Å². The van der Waals surface area contributed by atoms with Gasteiger partial charge in [0.05, 0.1) is 5.92 Å². The molecule has 0 aromatic heterocycles. The number of carbonyl (C=O) groups is 2. The summed E-state index contributed by atoms with van der Waals surface area (Å²) in [5.41, 5.74) is 0. The maximum atomic E-state index is 12.9. The Labute approximate surface area is 134 Å². The van der Waals surface area contributed by atoms with Crippen LogP contribution in [0.4, 0.5) is 0 Å². The molecular formula is C18H30N2O2. The van der Waals surface area contributed by atoms with Gasteiger partial charge in [-0.15, -0.1) is 0 Å². The minimum atomic E-state index is 0.0483. The molecule has 4 heteroatoms. The van der Waals surface area contributed by atoms with Crippen LogP contribution in [0.15, 0.2) is 0 Å². The SMILES string of the molecule is CN1CCCCCCN(C(=O)C2CCC2)[C@H]2CCC[C@H]2C1=O. The van der Waals surface area contributed by atoms with Crippen LogP contribution >= 0.6 is 0 Å². The lowest BCUT2D eigenvalue weighted by Crippen LogP contribution is -2.50.